The number of aldehydes is 2. The normalized spacial score (nSPS) is 21.1. The van der Waals surface area contributed by atoms with Crippen LogP contribution in [0.15, 0.2) is 30.3 Å². The molecule has 1 unspecified atom stereocenters. The van der Waals surface area contributed by atoms with Crippen LogP contribution in [0.2, 0.25) is 0 Å². The molecule has 1 aliphatic rings. The largest absolute Gasteiger partial charge is 0.465 e. The zero-order valence-electron chi connectivity index (χ0n) is 34.2. The molecule has 0 radical (unpaired) electrons. The van der Waals surface area contributed by atoms with Gasteiger partial charge in [0.05, 0.1) is 29.9 Å². The highest BCUT2D eigenvalue weighted by Gasteiger charge is 2.46. The lowest BCUT2D eigenvalue weighted by atomic mass is 9.83. The van der Waals surface area contributed by atoms with E-state index in [-0.39, 0.29) is 36.1 Å². The van der Waals surface area contributed by atoms with Crippen molar-refractivity contribution in [2.45, 2.75) is 116 Å². The number of benzene rings is 1. The summed E-state index contributed by atoms with van der Waals surface area (Å²) in [5, 5.41) is 29.7. The van der Waals surface area contributed by atoms with Crippen molar-refractivity contribution in [2.24, 2.45) is 29.6 Å². The predicted molar refractivity (Wildman–Crippen MR) is 207 cm³/mol. The van der Waals surface area contributed by atoms with Crippen LogP contribution in [0, 0.1) is 29.6 Å². The van der Waals surface area contributed by atoms with E-state index < -0.39 is 65.9 Å². The first-order valence-corrected chi connectivity index (χ1v) is 19.2. The van der Waals surface area contributed by atoms with Crippen LogP contribution in [0.1, 0.15) is 79.9 Å². The number of carboxylic acid groups (broad SMARTS) is 1. The topological polar surface area (TPSA) is 187 Å². The number of aliphatic hydroxyl groups excluding tert-OH is 1. The lowest BCUT2D eigenvalue weighted by Crippen LogP contribution is -2.61. The molecule has 306 valence electrons. The number of ether oxygens (including phenoxy) is 2. The molecule has 0 aromatic heterocycles. The number of likely N-dealkylation sites (N-methyl/N-ethyl adjacent to an activating group) is 1. The SMILES string of the molecule is CC[C@H](C)[C@@H](CNC(=O)[C@@H](NC(=O)C(C(C)C)N(C)C(=O)O)C(C)C)[C@@H](OC)[C@@H](C=O)N1CC[C@H]([C@@H](OC)[C@](C)(C=O)N[C@H](C)[C@@H](O)c2ccccc2)C1. The molecular formula is C40H67N5O9. The minimum absolute atomic E-state index is 0.0320. The van der Waals surface area contributed by atoms with E-state index in [2.05, 4.69) is 16.0 Å². The molecule has 0 spiro atoms. The Morgan fingerprint density at radius 2 is 1.65 bits per heavy atom. The highest BCUT2D eigenvalue weighted by Crippen LogP contribution is 2.33. The molecule has 1 saturated heterocycles. The van der Waals surface area contributed by atoms with Gasteiger partial charge in [-0.25, -0.2) is 4.79 Å². The summed E-state index contributed by atoms with van der Waals surface area (Å²) in [6.45, 7) is 15.9. The summed E-state index contributed by atoms with van der Waals surface area (Å²) in [6.07, 6.45) is -0.167. The molecule has 1 fully saturated rings. The smallest absolute Gasteiger partial charge is 0.407 e. The third-order valence-electron chi connectivity index (χ3n) is 11.3. The van der Waals surface area contributed by atoms with Crippen LogP contribution in [0.5, 0.6) is 0 Å². The number of nitrogens with one attached hydrogen (secondary N) is 3. The monoisotopic (exact) mass is 761 g/mol. The summed E-state index contributed by atoms with van der Waals surface area (Å²) in [5.41, 5.74) is -0.419. The molecule has 0 aliphatic carbocycles. The Morgan fingerprint density at radius 3 is 2.13 bits per heavy atom. The Balaban J connectivity index is 2.25. The molecule has 0 bridgehead atoms. The van der Waals surface area contributed by atoms with Crippen LogP contribution in [-0.2, 0) is 28.7 Å². The molecule has 14 nitrogen and oxygen atoms in total. The summed E-state index contributed by atoms with van der Waals surface area (Å²) in [6, 6.07) is 6.19. The molecule has 11 atom stereocenters. The minimum atomic E-state index is -1.24. The van der Waals surface area contributed by atoms with Crippen molar-refractivity contribution in [3.8, 4) is 0 Å². The average Bonchev–Trinajstić information content (AvgIpc) is 3.61. The number of likely N-dealkylation sites (tertiary alicyclic amines) is 1. The number of amides is 3. The second kappa shape index (κ2) is 21.6. The van der Waals surface area contributed by atoms with Gasteiger partial charge in [-0.1, -0.05) is 78.3 Å². The highest BCUT2D eigenvalue weighted by atomic mass is 16.5. The first-order chi connectivity index (χ1) is 25.4. The van der Waals surface area contributed by atoms with E-state index in [1.54, 1.807) is 48.8 Å². The van der Waals surface area contributed by atoms with Crippen LogP contribution in [0.25, 0.3) is 0 Å². The van der Waals surface area contributed by atoms with Gasteiger partial charge in [0, 0.05) is 52.2 Å². The van der Waals surface area contributed by atoms with E-state index in [0.717, 1.165) is 29.5 Å². The predicted octanol–water partition coefficient (Wildman–Crippen LogP) is 3.13. The molecule has 1 heterocycles. The van der Waals surface area contributed by atoms with Gasteiger partial charge in [0.2, 0.25) is 11.8 Å². The second-order valence-corrected chi connectivity index (χ2v) is 15.8. The summed E-state index contributed by atoms with van der Waals surface area (Å²) < 4.78 is 12.0. The molecule has 1 aromatic rings. The lowest BCUT2D eigenvalue weighted by molar-refractivity contribution is -0.133. The van der Waals surface area contributed by atoms with Crippen molar-refractivity contribution >= 4 is 30.5 Å². The van der Waals surface area contributed by atoms with Crippen LogP contribution in [-0.4, -0.2) is 133 Å². The Bertz CT molecular complexity index is 1350. The zero-order chi connectivity index (χ0) is 40.9. The Labute approximate surface area is 322 Å². The highest BCUT2D eigenvalue weighted by molar-refractivity contribution is 5.91. The molecule has 54 heavy (non-hydrogen) atoms. The number of methoxy groups -OCH3 is 2. The summed E-state index contributed by atoms with van der Waals surface area (Å²) in [4.78, 5) is 67.2. The van der Waals surface area contributed by atoms with Gasteiger partial charge < -0.3 is 39.9 Å². The van der Waals surface area contributed by atoms with Crippen LogP contribution < -0.4 is 16.0 Å². The Hall–Kier alpha value is -3.43. The molecule has 1 aliphatic heterocycles. The van der Waals surface area contributed by atoms with E-state index in [1.165, 1.54) is 7.05 Å². The zero-order valence-corrected chi connectivity index (χ0v) is 34.2. The van der Waals surface area contributed by atoms with Crippen molar-refractivity contribution in [3.05, 3.63) is 35.9 Å². The maximum absolute atomic E-state index is 13.7. The maximum atomic E-state index is 13.7. The number of carbonyl (C=O) groups excluding carboxylic acids is 4. The first-order valence-electron chi connectivity index (χ1n) is 19.2. The number of hydrogen-bond acceptors (Lipinski definition) is 10. The first kappa shape index (κ1) is 46.7. The van der Waals surface area contributed by atoms with Gasteiger partial charge in [-0.2, -0.15) is 0 Å². The summed E-state index contributed by atoms with van der Waals surface area (Å²) in [7, 11) is 4.45. The summed E-state index contributed by atoms with van der Waals surface area (Å²) >= 11 is 0. The average molecular weight is 762 g/mol. The van der Waals surface area contributed by atoms with Gasteiger partial charge in [-0.15, -0.1) is 0 Å². The number of rotatable bonds is 23. The quantitative estimate of drug-likeness (QED) is 0.103. The fourth-order valence-corrected chi connectivity index (χ4v) is 7.98. The molecule has 2 rings (SSSR count). The number of nitrogens with zero attached hydrogens (tertiary/aromatic N) is 2. The van der Waals surface area contributed by atoms with Crippen molar-refractivity contribution < 1.29 is 43.7 Å². The standard InChI is InChI=1S/C40H67N5O9/c1-12-26(6)30(20-41-37(49)32(24(2)3)42-38(50)33(25(4)5)44(9)39(51)52)35(53-10)31(22-46)45-19-18-29(21-45)36(54-11)40(8,23-47)43-27(7)34(48)28-16-14-13-15-17-28/h13-17,22-27,29-36,43,48H,12,18-21H2,1-11H3,(H,41,49)(H,42,50)(H,51,52)/t26-,27+,29-,30+,31+,32-,33?,34+,35+,36+,40-/m0/s1. The fourth-order valence-electron chi connectivity index (χ4n) is 7.98. The third kappa shape index (κ3) is 11.8. The number of aliphatic hydroxyl groups is 1. The van der Waals surface area contributed by atoms with Gasteiger partial charge in [-0.3, -0.25) is 24.7 Å². The molecule has 5 N–H and O–H groups in total. The van der Waals surface area contributed by atoms with Gasteiger partial charge in [-0.05, 0) is 50.1 Å². The molecule has 3 amide bonds. The van der Waals surface area contributed by atoms with E-state index in [9.17, 15) is 34.2 Å². The lowest BCUT2D eigenvalue weighted by Gasteiger charge is -2.40. The van der Waals surface area contributed by atoms with Gasteiger partial charge >= 0.3 is 6.09 Å². The van der Waals surface area contributed by atoms with Gasteiger partial charge in [0.15, 0.2) is 0 Å². The van der Waals surface area contributed by atoms with Crippen molar-refractivity contribution in [2.75, 3.05) is 40.9 Å². The van der Waals surface area contributed by atoms with Crippen LogP contribution in [0.4, 0.5) is 4.79 Å². The fraction of sp³-hybridized carbons (Fsp3) is 0.725. The maximum Gasteiger partial charge on any atom is 0.407 e. The summed E-state index contributed by atoms with van der Waals surface area (Å²) in [5.74, 6) is -1.99. The van der Waals surface area contributed by atoms with Crippen molar-refractivity contribution in [3.63, 3.8) is 0 Å². The minimum Gasteiger partial charge on any atom is -0.465 e. The molecule has 1 aromatic carbocycles. The second-order valence-electron chi connectivity index (χ2n) is 15.8. The van der Waals surface area contributed by atoms with Gasteiger partial charge in [0.25, 0.3) is 0 Å². The van der Waals surface area contributed by atoms with E-state index in [0.29, 0.717) is 19.5 Å². The van der Waals surface area contributed by atoms with Crippen LogP contribution >= 0.6 is 0 Å². The van der Waals surface area contributed by atoms with E-state index >= 15 is 0 Å². The van der Waals surface area contributed by atoms with E-state index in [4.69, 9.17) is 9.47 Å². The molecule has 0 saturated carbocycles. The third-order valence-corrected chi connectivity index (χ3v) is 11.3. The number of hydrogen-bond donors (Lipinski definition) is 5. The molecule has 14 heteroatoms. The van der Waals surface area contributed by atoms with Gasteiger partial charge in [0.1, 0.15) is 24.7 Å². The van der Waals surface area contributed by atoms with Crippen molar-refractivity contribution in [1.29, 1.82) is 0 Å². The van der Waals surface area contributed by atoms with Crippen molar-refractivity contribution in [1.82, 2.24) is 25.8 Å². The Kier molecular flexibility index (Phi) is 18.7. The number of carbonyl (C=O) groups is 5. The van der Waals surface area contributed by atoms with Crippen LogP contribution in [0.3, 0.4) is 0 Å². The van der Waals surface area contributed by atoms with E-state index in [1.807, 2.05) is 56.0 Å². The molecular weight excluding hydrogens is 694 g/mol. The Morgan fingerprint density at radius 1 is 1.02 bits per heavy atom.